The molecule has 0 saturated carbocycles. The molecule has 0 saturated heterocycles. The molecule has 0 heterocycles. The predicted molar refractivity (Wildman–Crippen MR) is 119 cm³/mol. The highest BCUT2D eigenvalue weighted by atomic mass is 32.2. The standard InChI is InChI=1S/C21H20N2O5S2/c22-21(20(27)28,13-30-19(26)15-9-5-2-6-10-15)17(25)12-23-18(29)11-16(24)14-7-3-1-4-8-14/h1-10H,11-13,22H2,(H,23,29)(H,27,28)/t21-/m1/s1. The van der Waals surface area contributed by atoms with Crippen molar-refractivity contribution in [1.82, 2.24) is 5.32 Å². The molecule has 0 amide bonds. The van der Waals surface area contributed by atoms with Gasteiger partial charge in [-0.3, -0.25) is 14.4 Å². The van der Waals surface area contributed by atoms with Crippen molar-refractivity contribution in [2.24, 2.45) is 5.73 Å². The second-order valence-corrected chi connectivity index (χ2v) is 7.83. The third kappa shape index (κ3) is 6.31. The summed E-state index contributed by atoms with van der Waals surface area (Å²) in [5.41, 5.74) is 4.39. The van der Waals surface area contributed by atoms with Crippen LogP contribution in [-0.2, 0) is 9.59 Å². The van der Waals surface area contributed by atoms with Crippen molar-refractivity contribution in [3.8, 4) is 0 Å². The van der Waals surface area contributed by atoms with Crippen LogP contribution >= 0.6 is 24.0 Å². The number of carbonyl (C=O) groups is 4. The Labute approximate surface area is 183 Å². The van der Waals surface area contributed by atoms with Gasteiger partial charge in [-0.2, -0.15) is 0 Å². The Kier molecular flexibility index (Phi) is 8.40. The molecular formula is C21H20N2O5S2. The maximum Gasteiger partial charge on any atom is 0.332 e. The summed E-state index contributed by atoms with van der Waals surface area (Å²) >= 11 is 5.73. The number of Topliss-reactive ketones (excluding diaryl/α,β-unsaturated/α-hetero) is 2. The van der Waals surface area contributed by atoms with Crippen LogP contribution in [-0.4, -0.2) is 50.6 Å². The van der Waals surface area contributed by atoms with Gasteiger partial charge in [-0.05, 0) is 0 Å². The molecule has 0 aliphatic heterocycles. The van der Waals surface area contributed by atoms with E-state index in [0.29, 0.717) is 22.9 Å². The van der Waals surface area contributed by atoms with E-state index in [-0.39, 0.29) is 17.2 Å². The lowest BCUT2D eigenvalue weighted by Crippen LogP contribution is -2.60. The third-order valence-corrected chi connectivity index (χ3v) is 5.57. The zero-order valence-corrected chi connectivity index (χ0v) is 17.5. The van der Waals surface area contributed by atoms with Gasteiger partial charge < -0.3 is 16.2 Å². The molecule has 2 rings (SSSR count). The Morgan fingerprint density at radius 2 is 1.50 bits per heavy atom. The van der Waals surface area contributed by atoms with Gasteiger partial charge in [0.25, 0.3) is 0 Å². The fourth-order valence-corrected chi connectivity index (χ4v) is 3.52. The highest BCUT2D eigenvalue weighted by Crippen LogP contribution is 2.18. The number of carbonyl (C=O) groups excluding carboxylic acids is 3. The molecule has 0 unspecified atom stereocenters. The minimum Gasteiger partial charge on any atom is -0.480 e. The summed E-state index contributed by atoms with van der Waals surface area (Å²) in [7, 11) is 0. The van der Waals surface area contributed by atoms with Gasteiger partial charge in [-0.1, -0.05) is 84.6 Å². The minimum absolute atomic E-state index is 0.0953. The summed E-state index contributed by atoms with van der Waals surface area (Å²) in [4.78, 5) is 48.5. The number of thiocarbonyl (C=S) groups is 1. The fraction of sp³-hybridized carbons (Fsp3) is 0.190. The molecule has 4 N–H and O–H groups in total. The molecule has 0 fully saturated rings. The molecule has 2 aromatic rings. The zero-order valence-electron chi connectivity index (χ0n) is 15.9. The molecule has 1 atom stereocenters. The number of ketones is 2. The van der Waals surface area contributed by atoms with Gasteiger partial charge >= 0.3 is 5.97 Å². The average molecular weight is 445 g/mol. The molecule has 0 aromatic heterocycles. The van der Waals surface area contributed by atoms with E-state index in [1.165, 1.54) is 0 Å². The van der Waals surface area contributed by atoms with E-state index in [1.807, 2.05) is 0 Å². The summed E-state index contributed by atoms with van der Waals surface area (Å²) in [6, 6.07) is 16.8. The fourth-order valence-electron chi connectivity index (χ4n) is 2.37. The Morgan fingerprint density at radius 3 is 2.03 bits per heavy atom. The first-order valence-electron chi connectivity index (χ1n) is 8.86. The van der Waals surface area contributed by atoms with Crippen LogP contribution in [0.25, 0.3) is 0 Å². The molecule has 9 heteroatoms. The summed E-state index contributed by atoms with van der Waals surface area (Å²) in [6.07, 6.45) is -0.126. The van der Waals surface area contributed by atoms with Crippen LogP contribution in [0, 0.1) is 0 Å². The van der Waals surface area contributed by atoms with Crippen molar-refractivity contribution in [3.63, 3.8) is 0 Å². The van der Waals surface area contributed by atoms with E-state index >= 15 is 0 Å². The Morgan fingerprint density at radius 1 is 0.967 bits per heavy atom. The third-order valence-electron chi connectivity index (χ3n) is 4.18. The lowest BCUT2D eigenvalue weighted by Gasteiger charge is -2.23. The van der Waals surface area contributed by atoms with E-state index in [4.69, 9.17) is 18.0 Å². The number of rotatable bonds is 10. The van der Waals surface area contributed by atoms with Gasteiger partial charge in [-0.15, -0.1) is 0 Å². The summed E-state index contributed by atoms with van der Waals surface area (Å²) < 4.78 is 0. The molecule has 156 valence electrons. The molecule has 0 bridgehead atoms. The Bertz CT molecular complexity index is 950. The second kappa shape index (κ2) is 10.8. The molecule has 0 spiro atoms. The molecule has 0 aliphatic carbocycles. The van der Waals surface area contributed by atoms with Crippen LogP contribution in [0.1, 0.15) is 27.1 Å². The molecule has 2 aromatic carbocycles. The maximum absolute atomic E-state index is 12.5. The average Bonchev–Trinajstić information content (AvgIpc) is 2.76. The van der Waals surface area contributed by atoms with Gasteiger partial charge in [0.1, 0.15) is 0 Å². The summed E-state index contributed by atoms with van der Waals surface area (Å²) in [5, 5.41) is 11.7. The van der Waals surface area contributed by atoms with E-state index in [2.05, 4.69) is 5.32 Å². The van der Waals surface area contributed by atoms with E-state index in [1.54, 1.807) is 60.7 Å². The number of hydrogen-bond donors (Lipinski definition) is 3. The van der Waals surface area contributed by atoms with Crippen molar-refractivity contribution in [2.75, 3.05) is 12.3 Å². The van der Waals surface area contributed by atoms with Crippen molar-refractivity contribution < 1.29 is 24.3 Å². The van der Waals surface area contributed by atoms with Gasteiger partial charge in [0.05, 0.1) is 18.0 Å². The topological polar surface area (TPSA) is 127 Å². The first-order chi connectivity index (χ1) is 14.2. The smallest absolute Gasteiger partial charge is 0.332 e. The normalized spacial score (nSPS) is 12.4. The lowest BCUT2D eigenvalue weighted by molar-refractivity contribution is -0.146. The number of aliphatic carboxylic acids is 1. The number of nitrogens with two attached hydrogens (primary N) is 1. The van der Waals surface area contributed by atoms with Crippen LogP contribution in [0.5, 0.6) is 0 Å². The molecular weight excluding hydrogens is 424 g/mol. The SMILES string of the molecule is N[C@@](CSC(=O)c1ccccc1)(C(=O)O)C(=O)CNC(=S)CC(=O)c1ccccc1. The molecule has 30 heavy (non-hydrogen) atoms. The predicted octanol–water partition coefficient (Wildman–Crippen LogP) is 2.10. The van der Waals surface area contributed by atoms with E-state index < -0.39 is 34.7 Å². The second-order valence-electron chi connectivity index (χ2n) is 6.38. The van der Waals surface area contributed by atoms with Crippen LogP contribution < -0.4 is 11.1 Å². The zero-order chi connectivity index (χ0) is 22.1. The quantitative estimate of drug-likeness (QED) is 0.287. The van der Waals surface area contributed by atoms with Crippen LogP contribution in [0.2, 0.25) is 0 Å². The summed E-state index contributed by atoms with van der Waals surface area (Å²) in [6.45, 7) is -0.468. The van der Waals surface area contributed by atoms with Gasteiger partial charge in [0.2, 0.25) is 5.12 Å². The molecule has 0 aliphatic rings. The van der Waals surface area contributed by atoms with Crippen molar-refractivity contribution >= 4 is 51.6 Å². The molecule has 7 nitrogen and oxygen atoms in total. The van der Waals surface area contributed by atoms with E-state index in [9.17, 15) is 24.3 Å². The van der Waals surface area contributed by atoms with Crippen molar-refractivity contribution in [2.45, 2.75) is 12.0 Å². The Balaban J connectivity index is 1.92. The first kappa shape index (κ1) is 23.4. The van der Waals surface area contributed by atoms with Crippen LogP contribution in [0.3, 0.4) is 0 Å². The maximum atomic E-state index is 12.5. The van der Waals surface area contributed by atoms with Crippen molar-refractivity contribution in [3.05, 3.63) is 71.8 Å². The largest absolute Gasteiger partial charge is 0.480 e. The number of benzene rings is 2. The minimum atomic E-state index is -2.28. The summed E-state index contributed by atoms with van der Waals surface area (Å²) in [5.74, 6) is -3.07. The van der Waals surface area contributed by atoms with Gasteiger partial charge in [-0.25, -0.2) is 4.79 Å². The number of nitrogens with one attached hydrogen (secondary N) is 1. The number of thioether (sulfide) groups is 1. The highest BCUT2D eigenvalue weighted by molar-refractivity contribution is 8.14. The lowest BCUT2D eigenvalue weighted by atomic mass is 9.97. The van der Waals surface area contributed by atoms with E-state index in [0.717, 1.165) is 0 Å². The van der Waals surface area contributed by atoms with Crippen LogP contribution in [0.4, 0.5) is 0 Å². The highest BCUT2D eigenvalue weighted by Gasteiger charge is 2.42. The first-order valence-corrected chi connectivity index (χ1v) is 10.3. The monoisotopic (exact) mass is 444 g/mol. The van der Waals surface area contributed by atoms with Gasteiger partial charge in [0, 0.05) is 16.9 Å². The van der Waals surface area contributed by atoms with Crippen LogP contribution in [0.15, 0.2) is 60.7 Å². The number of carboxylic acid groups (broad SMARTS) is 1. The van der Waals surface area contributed by atoms with Crippen molar-refractivity contribution in [1.29, 1.82) is 0 Å². The number of carboxylic acids is 1. The molecule has 0 radical (unpaired) electrons. The van der Waals surface area contributed by atoms with Gasteiger partial charge in [0.15, 0.2) is 17.1 Å². The number of hydrogen-bond acceptors (Lipinski definition) is 7. The Hall–Kier alpha value is -2.88.